The van der Waals surface area contributed by atoms with E-state index in [9.17, 15) is 0 Å². The van der Waals surface area contributed by atoms with Crippen molar-refractivity contribution in [2.75, 3.05) is 0 Å². The highest BCUT2D eigenvalue weighted by atomic mass is 32.4. The van der Waals surface area contributed by atoms with Crippen molar-refractivity contribution in [2.24, 2.45) is 14.1 Å². The molecule has 102 valence electrons. The summed E-state index contributed by atoms with van der Waals surface area (Å²) in [6.07, 6.45) is 7.45. The number of aryl methyl sites for hydroxylation is 2. The molecule has 3 aromatic rings. The van der Waals surface area contributed by atoms with Gasteiger partial charge in [0.05, 0.1) is 0 Å². The molecule has 6 heteroatoms. The Balaban J connectivity index is 2.33. The van der Waals surface area contributed by atoms with Gasteiger partial charge in [0.15, 0.2) is 11.1 Å². The topological polar surface area (TPSA) is 35.6 Å². The van der Waals surface area contributed by atoms with Crippen molar-refractivity contribution < 1.29 is 0 Å². The van der Waals surface area contributed by atoms with Gasteiger partial charge in [-0.3, -0.25) is 0 Å². The molecular weight excluding hydrogens is 287 g/mol. The van der Waals surface area contributed by atoms with Crippen LogP contribution in [0.2, 0.25) is 0 Å². The van der Waals surface area contributed by atoms with Gasteiger partial charge >= 0.3 is 0 Å². The lowest BCUT2D eigenvalue weighted by Gasteiger charge is -2.21. The Labute approximate surface area is 123 Å². The molecule has 0 saturated carbocycles. The summed E-state index contributed by atoms with van der Waals surface area (Å²) < 4.78 is 4.00. The summed E-state index contributed by atoms with van der Waals surface area (Å²) >= 11 is 6.13. The zero-order chi connectivity index (χ0) is 14.2. The zero-order valence-electron chi connectivity index (χ0n) is 11.3. The fourth-order valence-electron chi connectivity index (χ4n) is 2.28. The molecule has 3 rings (SSSR count). The molecule has 0 fully saturated rings. The third-order valence-corrected chi connectivity index (χ3v) is 7.90. The minimum atomic E-state index is -2.22. The Kier molecular flexibility index (Phi) is 3.32. The van der Waals surface area contributed by atoms with E-state index in [1.165, 1.54) is 0 Å². The molecule has 1 aromatic carbocycles. The summed E-state index contributed by atoms with van der Waals surface area (Å²) in [7, 11) is 3.96. The predicted octanol–water partition coefficient (Wildman–Crippen LogP) is 0.909. The fourth-order valence-corrected chi connectivity index (χ4v) is 6.41. The van der Waals surface area contributed by atoms with E-state index in [2.05, 4.69) is 22.1 Å². The van der Waals surface area contributed by atoms with Gasteiger partial charge in [-0.1, -0.05) is 42.1 Å². The molecular formula is C14H15N4PS. The van der Waals surface area contributed by atoms with Crippen molar-refractivity contribution >= 4 is 34.3 Å². The van der Waals surface area contributed by atoms with E-state index >= 15 is 0 Å². The van der Waals surface area contributed by atoms with Crippen LogP contribution in [0.3, 0.4) is 0 Å². The van der Waals surface area contributed by atoms with Gasteiger partial charge in [-0.05, 0) is 5.30 Å². The summed E-state index contributed by atoms with van der Waals surface area (Å²) in [4.78, 5) is 9.03. The van der Waals surface area contributed by atoms with Crippen molar-refractivity contribution in [3.05, 3.63) is 55.1 Å². The second-order valence-corrected chi connectivity index (χ2v) is 8.80. The second kappa shape index (κ2) is 5.00. The summed E-state index contributed by atoms with van der Waals surface area (Å²) in [5, 5.41) is 1.11. The molecule has 4 nitrogen and oxygen atoms in total. The highest BCUT2D eigenvalue weighted by Crippen LogP contribution is 2.40. The van der Waals surface area contributed by atoms with E-state index in [1.54, 1.807) is 12.4 Å². The lowest BCUT2D eigenvalue weighted by atomic mass is 10.4. The van der Waals surface area contributed by atoms with Gasteiger partial charge in [0, 0.05) is 38.9 Å². The molecule has 0 unspecified atom stereocenters. The molecule has 0 aliphatic rings. The van der Waals surface area contributed by atoms with E-state index in [4.69, 9.17) is 11.8 Å². The summed E-state index contributed by atoms with van der Waals surface area (Å²) in [6, 6.07) is 7.96. The summed E-state index contributed by atoms with van der Waals surface area (Å²) in [6.45, 7) is 0. The smallest absolute Gasteiger partial charge is 0.152 e. The molecule has 2 aromatic heterocycles. The van der Waals surface area contributed by atoms with Crippen LogP contribution >= 0.6 is 6.04 Å². The van der Waals surface area contributed by atoms with E-state index in [0.29, 0.717) is 0 Å². The maximum absolute atomic E-state index is 6.13. The van der Waals surface area contributed by atoms with Crippen LogP contribution in [0.4, 0.5) is 0 Å². The summed E-state index contributed by atoms with van der Waals surface area (Å²) in [5.41, 5.74) is 1.82. The SMILES string of the molecule is Cn1ccnc1P(=S)(c1ccccc1)c1nccn1C. The van der Waals surface area contributed by atoms with Crippen molar-refractivity contribution in [3.63, 3.8) is 0 Å². The fraction of sp³-hybridized carbons (Fsp3) is 0.143. The van der Waals surface area contributed by atoms with Crippen LogP contribution < -0.4 is 16.4 Å². The van der Waals surface area contributed by atoms with Crippen LogP contribution in [0.15, 0.2) is 55.1 Å². The standard InChI is InChI=1S/C14H15N4PS/c1-17-10-8-15-13(17)19(20,12-6-4-3-5-7-12)14-16-9-11-18(14)2/h3-11H,1-2H3. The van der Waals surface area contributed by atoms with Crippen LogP contribution in [-0.4, -0.2) is 19.1 Å². The van der Waals surface area contributed by atoms with Crippen molar-refractivity contribution in [1.82, 2.24) is 19.1 Å². The average Bonchev–Trinajstić information content (AvgIpc) is 3.08. The first kappa shape index (κ1) is 13.3. The van der Waals surface area contributed by atoms with E-state index in [-0.39, 0.29) is 0 Å². The molecule has 0 bridgehead atoms. The number of hydrogen-bond donors (Lipinski definition) is 0. The average molecular weight is 302 g/mol. The number of aromatic nitrogens is 4. The Bertz CT molecular complexity index is 731. The first-order valence-corrected chi connectivity index (χ1v) is 9.05. The number of imidazole rings is 2. The molecule has 0 spiro atoms. The van der Waals surface area contributed by atoms with Crippen molar-refractivity contribution in [2.45, 2.75) is 0 Å². The number of nitrogens with zero attached hydrogens (tertiary/aromatic N) is 4. The minimum absolute atomic E-state index is 0.910. The Morgan fingerprint density at radius 3 is 1.80 bits per heavy atom. The van der Waals surface area contributed by atoms with Gasteiger partial charge < -0.3 is 9.13 Å². The van der Waals surface area contributed by atoms with Gasteiger partial charge in [-0.2, -0.15) is 0 Å². The van der Waals surface area contributed by atoms with E-state index in [0.717, 1.165) is 16.4 Å². The molecule has 0 radical (unpaired) electrons. The second-order valence-electron chi connectivity index (χ2n) is 4.62. The van der Waals surface area contributed by atoms with Crippen molar-refractivity contribution in [3.8, 4) is 0 Å². The van der Waals surface area contributed by atoms with E-state index in [1.807, 2.05) is 53.8 Å². The van der Waals surface area contributed by atoms with Gasteiger partial charge in [-0.25, -0.2) is 9.97 Å². The number of benzene rings is 1. The van der Waals surface area contributed by atoms with Crippen LogP contribution in [0.25, 0.3) is 0 Å². The quantitative estimate of drug-likeness (QED) is 0.675. The third kappa shape index (κ3) is 1.94. The van der Waals surface area contributed by atoms with Crippen LogP contribution in [-0.2, 0) is 25.9 Å². The highest BCUT2D eigenvalue weighted by molar-refractivity contribution is 8.25. The maximum atomic E-state index is 6.13. The number of hydrogen-bond acceptors (Lipinski definition) is 3. The third-order valence-electron chi connectivity index (χ3n) is 3.27. The Morgan fingerprint density at radius 2 is 1.40 bits per heavy atom. The van der Waals surface area contributed by atoms with Gasteiger partial charge in [0.2, 0.25) is 0 Å². The Morgan fingerprint density at radius 1 is 0.900 bits per heavy atom. The van der Waals surface area contributed by atoms with Crippen molar-refractivity contribution in [1.29, 1.82) is 0 Å². The van der Waals surface area contributed by atoms with Crippen LogP contribution in [0.1, 0.15) is 0 Å². The first-order valence-electron chi connectivity index (χ1n) is 6.25. The van der Waals surface area contributed by atoms with Crippen LogP contribution in [0, 0.1) is 0 Å². The maximum Gasteiger partial charge on any atom is 0.152 e. The lowest BCUT2D eigenvalue weighted by molar-refractivity contribution is 0.941. The minimum Gasteiger partial charge on any atom is -0.333 e. The van der Waals surface area contributed by atoms with Crippen LogP contribution in [0.5, 0.6) is 0 Å². The van der Waals surface area contributed by atoms with E-state index < -0.39 is 6.04 Å². The normalized spacial score (nSPS) is 11.7. The van der Waals surface area contributed by atoms with Gasteiger partial charge in [0.1, 0.15) is 6.04 Å². The molecule has 0 aliphatic carbocycles. The monoisotopic (exact) mass is 302 g/mol. The summed E-state index contributed by atoms with van der Waals surface area (Å²) in [5.74, 6) is 0. The number of rotatable bonds is 3. The molecule has 0 aliphatic heterocycles. The van der Waals surface area contributed by atoms with Gasteiger partial charge in [-0.15, -0.1) is 0 Å². The molecule has 20 heavy (non-hydrogen) atoms. The zero-order valence-corrected chi connectivity index (χ0v) is 13.1. The molecule has 0 saturated heterocycles. The molecule has 2 heterocycles. The first-order chi connectivity index (χ1) is 9.64. The lowest BCUT2D eigenvalue weighted by Crippen LogP contribution is -2.34. The molecule has 0 N–H and O–H groups in total. The molecule has 0 amide bonds. The largest absolute Gasteiger partial charge is 0.333 e. The van der Waals surface area contributed by atoms with Gasteiger partial charge in [0.25, 0.3) is 0 Å². The Hall–Kier alpha value is -1.71. The highest BCUT2D eigenvalue weighted by Gasteiger charge is 2.32. The molecule has 0 atom stereocenters. The predicted molar refractivity (Wildman–Crippen MR) is 86.0 cm³/mol.